The molecule has 36 heavy (non-hydrogen) atoms. The van der Waals surface area contributed by atoms with E-state index < -0.39 is 0 Å². The number of hydrogen-bond acceptors (Lipinski definition) is 5. The number of aromatic nitrogens is 3. The maximum absolute atomic E-state index is 14.0. The quantitative estimate of drug-likeness (QED) is 0.544. The van der Waals surface area contributed by atoms with Crippen molar-refractivity contribution in [3.8, 4) is 5.75 Å². The minimum Gasteiger partial charge on any atom is -0.496 e. The molecule has 2 aliphatic rings. The van der Waals surface area contributed by atoms with Crippen molar-refractivity contribution in [2.45, 2.75) is 58.4 Å². The van der Waals surface area contributed by atoms with Crippen molar-refractivity contribution in [3.05, 3.63) is 52.8 Å². The molecule has 1 saturated carbocycles. The SMILES string of the molecule is COc1ccccc1C(=O)N1CCCN(C(=O)c2cc(C3CC3)nc3c2c(C)nn3C(C)(C)C)CC1. The lowest BCUT2D eigenvalue weighted by Crippen LogP contribution is -2.37. The molecule has 5 rings (SSSR count). The van der Waals surface area contributed by atoms with Gasteiger partial charge in [0.05, 0.1) is 34.9 Å². The summed E-state index contributed by atoms with van der Waals surface area (Å²) in [6.45, 7) is 10.4. The van der Waals surface area contributed by atoms with Gasteiger partial charge < -0.3 is 14.5 Å². The van der Waals surface area contributed by atoms with Crippen LogP contribution in [0.3, 0.4) is 0 Å². The highest BCUT2D eigenvalue weighted by molar-refractivity contribution is 6.06. The zero-order valence-electron chi connectivity index (χ0n) is 21.9. The molecule has 8 nitrogen and oxygen atoms in total. The molecule has 0 unspecified atom stereocenters. The lowest BCUT2D eigenvalue weighted by atomic mass is 10.1. The van der Waals surface area contributed by atoms with Gasteiger partial charge >= 0.3 is 0 Å². The summed E-state index contributed by atoms with van der Waals surface area (Å²) >= 11 is 0. The summed E-state index contributed by atoms with van der Waals surface area (Å²) in [6.07, 6.45) is 2.94. The highest BCUT2D eigenvalue weighted by Crippen LogP contribution is 2.41. The zero-order valence-corrected chi connectivity index (χ0v) is 21.9. The average Bonchev–Trinajstić information content (AvgIpc) is 3.68. The van der Waals surface area contributed by atoms with Gasteiger partial charge in [-0.25, -0.2) is 9.67 Å². The molecule has 1 aliphatic heterocycles. The van der Waals surface area contributed by atoms with Gasteiger partial charge in [0.25, 0.3) is 11.8 Å². The van der Waals surface area contributed by atoms with Gasteiger partial charge in [-0.2, -0.15) is 5.10 Å². The molecule has 2 amide bonds. The van der Waals surface area contributed by atoms with Gasteiger partial charge in [-0.15, -0.1) is 0 Å². The topological polar surface area (TPSA) is 80.6 Å². The predicted molar refractivity (Wildman–Crippen MR) is 139 cm³/mol. The lowest BCUT2D eigenvalue weighted by molar-refractivity contribution is 0.0717. The number of pyridine rings is 1. The van der Waals surface area contributed by atoms with E-state index in [1.165, 1.54) is 0 Å². The fraction of sp³-hybridized carbons (Fsp3) is 0.500. The smallest absolute Gasteiger partial charge is 0.257 e. The van der Waals surface area contributed by atoms with Gasteiger partial charge in [0.1, 0.15) is 5.75 Å². The van der Waals surface area contributed by atoms with Crippen LogP contribution in [0.15, 0.2) is 30.3 Å². The Hall–Kier alpha value is -3.42. The first-order valence-corrected chi connectivity index (χ1v) is 12.8. The Bertz CT molecular complexity index is 1320. The molecule has 0 atom stereocenters. The van der Waals surface area contributed by atoms with Crippen molar-refractivity contribution in [3.63, 3.8) is 0 Å². The third-order valence-electron chi connectivity index (χ3n) is 7.10. The number of amides is 2. The van der Waals surface area contributed by atoms with E-state index in [0.717, 1.165) is 41.7 Å². The second-order valence-electron chi connectivity index (χ2n) is 10.9. The summed E-state index contributed by atoms with van der Waals surface area (Å²) in [5.74, 6) is 0.916. The van der Waals surface area contributed by atoms with Gasteiger partial charge in [-0.1, -0.05) is 12.1 Å². The number of aryl methyl sites for hydroxylation is 1. The lowest BCUT2D eigenvalue weighted by Gasteiger charge is -2.23. The Morgan fingerprint density at radius 1 is 0.972 bits per heavy atom. The van der Waals surface area contributed by atoms with E-state index in [9.17, 15) is 9.59 Å². The van der Waals surface area contributed by atoms with Gasteiger partial charge in [-0.05, 0) is 65.2 Å². The minimum atomic E-state index is -0.246. The fourth-order valence-corrected chi connectivity index (χ4v) is 5.02. The molecule has 3 aromatic rings. The summed E-state index contributed by atoms with van der Waals surface area (Å²) in [7, 11) is 1.57. The van der Waals surface area contributed by atoms with Crippen molar-refractivity contribution in [1.82, 2.24) is 24.6 Å². The Kier molecular flexibility index (Phi) is 6.22. The summed E-state index contributed by atoms with van der Waals surface area (Å²) in [5.41, 5.74) is 3.58. The van der Waals surface area contributed by atoms with Crippen LogP contribution in [0.5, 0.6) is 5.75 Å². The maximum atomic E-state index is 14.0. The summed E-state index contributed by atoms with van der Waals surface area (Å²) in [5, 5.41) is 5.63. The molecule has 190 valence electrons. The number of fused-ring (bicyclic) bond motifs is 1. The second-order valence-corrected chi connectivity index (χ2v) is 10.9. The Morgan fingerprint density at radius 3 is 2.22 bits per heavy atom. The third-order valence-corrected chi connectivity index (χ3v) is 7.10. The van der Waals surface area contributed by atoms with Crippen LogP contribution in [-0.4, -0.2) is 69.7 Å². The number of carbonyl (C=O) groups is 2. The van der Waals surface area contributed by atoms with Crippen LogP contribution in [-0.2, 0) is 5.54 Å². The standard InChI is InChI=1S/C28H35N5O3/c1-18-24-21(17-22(19-11-12-19)29-25(24)33(30-18)28(2,3)4)27(35)32-14-8-13-31(15-16-32)26(34)20-9-6-7-10-23(20)36-5/h6-7,9-10,17,19H,8,11-16H2,1-5H3. The van der Waals surface area contributed by atoms with Crippen molar-refractivity contribution in [2.24, 2.45) is 0 Å². The first-order valence-electron chi connectivity index (χ1n) is 12.8. The molecule has 1 saturated heterocycles. The highest BCUT2D eigenvalue weighted by atomic mass is 16.5. The number of carbonyl (C=O) groups excluding carboxylic acids is 2. The first-order chi connectivity index (χ1) is 17.2. The number of nitrogens with zero attached hydrogens (tertiary/aromatic N) is 5. The molecule has 2 fully saturated rings. The molecule has 0 radical (unpaired) electrons. The van der Waals surface area contributed by atoms with Crippen LogP contribution < -0.4 is 4.74 Å². The molecule has 1 aromatic carbocycles. The van der Waals surface area contributed by atoms with E-state index in [2.05, 4.69) is 20.8 Å². The molecule has 8 heteroatoms. The molecule has 1 aliphatic carbocycles. The largest absolute Gasteiger partial charge is 0.496 e. The van der Waals surface area contributed by atoms with Crippen LogP contribution >= 0.6 is 0 Å². The van der Waals surface area contributed by atoms with Gasteiger partial charge in [0.15, 0.2) is 5.65 Å². The van der Waals surface area contributed by atoms with Gasteiger partial charge in [0, 0.05) is 37.8 Å². The molecule has 2 aromatic heterocycles. The predicted octanol–water partition coefficient (Wildman–Crippen LogP) is 4.37. The van der Waals surface area contributed by atoms with Crippen molar-refractivity contribution in [2.75, 3.05) is 33.3 Å². The van der Waals surface area contributed by atoms with Crippen molar-refractivity contribution < 1.29 is 14.3 Å². The minimum absolute atomic E-state index is 0.00699. The van der Waals surface area contributed by atoms with E-state index in [4.69, 9.17) is 14.8 Å². The van der Waals surface area contributed by atoms with Crippen molar-refractivity contribution >= 4 is 22.8 Å². The normalized spacial score (nSPS) is 16.8. The molecule has 0 bridgehead atoms. The molecular weight excluding hydrogens is 454 g/mol. The maximum Gasteiger partial charge on any atom is 0.257 e. The van der Waals surface area contributed by atoms with E-state index in [1.54, 1.807) is 19.2 Å². The monoisotopic (exact) mass is 489 g/mol. The zero-order chi connectivity index (χ0) is 25.6. The van der Waals surface area contributed by atoms with Crippen LogP contribution in [0, 0.1) is 6.92 Å². The second kappa shape index (κ2) is 9.22. The van der Waals surface area contributed by atoms with E-state index in [1.807, 2.05) is 39.6 Å². The average molecular weight is 490 g/mol. The summed E-state index contributed by atoms with van der Waals surface area (Å²) < 4.78 is 7.35. The highest BCUT2D eigenvalue weighted by Gasteiger charge is 2.32. The van der Waals surface area contributed by atoms with Crippen LogP contribution in [0.4, 0.5) is 0 Å². The van der Waals surface area contributed by atoms with Crippen LogP contribution in [0.2, 0.25) is 0 Å². The molecule has 3 heterocycles. The molecular formula is C28H35N5O3. The van der Waals surface area contributed by atoms with Gasteiger partial charge in [0.2, 0.25) is 0 Å². The number of rotatable bonds is 4. The molecule has 0 spiro atoms. The molecule has 0 N–H and O–H groups in total. The van der Waals surface area contributed by atoms with E-state index in [0.29, 0.717) is 49.0 Å². The number of hydrogen-bond donors (Lipinski definition) is 0. The van der Waals surface area contributed by atoms with Crippen LogP contribution in [0.25, 0.3) is 11.0 Å². The Morgan fingerprint density at radius 2 is 1.61 bits per heavy atom. The van der Waals surface area contributed by atoms with Crippen molar-refractivity contribution in [1.29, 1.82) is 0 Å². The van der Waals surface area contributed by atoms with Gasteiger partial charge in [-0.3, -0.25) is 9.59 Å². The number of benzene rings is 1. The van der Waals surface area contributed by atoms with E-state index in [-0.39, 0.29) is 17.4 Å². The number of para-hydroxylation sites is 1. The Labute approximate surface area is 212 Å². The van der Waals surface area contributed by atoms with E-state index >= 15 is 0 Å². The first kappa shape index (κ1) is 24.3. The number of methoxy groups -OCH3 is 1. The summed E-state index contributed by atoms with van der Waals surface area (Å²) in [4.78, 5) is 35.9. The summed E-state index contributed by atoms with van der Waals surface area (Å²) in [6, 6.07) is 9.28. The van der Waals surface area contributed by atoms with Crippen LogP contribution in [0.1, 0.15) is 78.1 Å². The Balaban J connectivity index is 1.44. The number of ether oxygens (including phenoxy) is 1. The third kappa shape index (κ3) is 4.45. The fourth-order valence-electron chi connectivity index (χ4n) is 5.02.